The zero-order valence-corrected chi connectivity index (χ0v) is 12.6. The summed E-state index contributed by atoms with van der Waals surface area (Å²) in [6.45, 7) is 3.96. The molecule has 2 N–H and O–H groups in total. The van der Waals surface area contributed by atoms with Crippen LogP contribution in [0.25, 0.3) is 10.9 Å². The molecule has 1 aromatic heterocycles. The van der Waals surface area contributed by atoms with E-state index in [4.69, 9.17) is 4.74 Å². The third kappa shape index (κ3) is 3.08. The molecule has 1 aromatic carbocycles. The molecule has 0 radical (unpaired) electrons. The molecule has 21 heavy (non-hydrogen) atoms. The summed E-state index contributed by atoms with van der Waals surface area (Å²) in [4.78, 5) is 9.08. The van der Waals surface area contributed by atoms with Crippen molar-refractivity contribution in [2.75, 3.05) is 30.9 Å². The number of benzene rings is 1. The second-order valence-corrected chi connectivity index (χ2v) is 5.55. The standard InChI is InChI=1S/C16H22N4O/c1-11(12-7-9-21-10-8-12)18-15-13-5-3-4-6-14(13)19-16(17-2)20-15/h3-6,11-12H,7-10H2,1-2H3,(H2,17,18,19,20). The van der Waals surface area contributed by atoms with Gasteiger partial charge in [0, 0.05) is 31.7 Å². The lowest BCUT2D eigenvalue weighted by atomic mass is 9.93. The highest BCUT2D eigenvalue weighted by Crippen LogP contribution is 2.26. The Bertz CT molecular complexity index is 610. The predicted molar refractivity (Wildman–Crippen MR) is 85.7 cm³/mol. The van der Waals surface area contributed by atoms with E-state index >= 15 is 0 Å². The van der Waals surface area contributed by atoms with Crippen molar-refractivity contribution in [1.29, 1.82) is 0 Å². The van der Waals surface area contributed by atoms with E-state index in [0.717, 1.165) is 42.8 Å². The summed E-state index contributed by atoms with van der Waals surface area (Å²) >= 11 is 0. The van der Waals surface area contributed by atoms with Gasteiger partial charge in [-0.3, -0.25) is 0 Å². The molecule has 1 aliphatic heterocycles. The van der Waals surface area contributed by atoms with Gasteiger partial charge in [0.05, 0.1) is 5.52 Å². The number of fused-ring (bicyclic) bond motifs is 1. The van der Waals surface area contributed by atoms with Gasteiger partial charge < -0.3 is 15.4 Å². The molecule has 5 heteroatoms. The van der Waals surface area contributed by atoms with Crippen LogP contribution in [0.3, 0.4) is 0 Å². The normalized spacial score (nSPS) is 17.6. The fourth-order valence-corrected chi connectivity index (χ4v) is 2.85. The number of nitrogens with zero attached hydrogens (tertiary/aromatic N) is 2. The minimum absolute atomic E-state index is 0.372. The summed E-state index contributed by atoms with van der Waals surface area (Å²) in [7, 11) is 1.84. The van der Waals surface area contributed by atoms with Crippen molar-refractivity contribution in [3.05, 3.63) is 24.3 Å². The molecular formula is C16H22N4O. The zero-order valence-electron chi connectivity index (χ0n) is 12.6. The molecule has 2 aromatic rings. The average molecular weight is 286 g/mol. The second kappa shape index (κ2) is 6.26. The van der Waals surface area contributed by atoms with Crippen molar-refractivity contribution in [2.45, 2.75) is 25.8 Å². The van der Waals surface area contributed by atoms with Crippen LogP contribution >= 0.6 is 0 Å². The maximum atomic E-state index is 5.44. The lowest BCUT2D eigenvalue weighted by molar-refractivity contribution is 0.0622. The van der Waals surface area contributed by atoms with Gasteiger partial charge in [0.1, 0.15) is 5.82 Å². The lowest BCUT2D eigenvalue weighted by Gasteiger charge is -2.29. The maximum absolute atomic E-state index is 5.44. The van der Waals surface area contributed by atoms with E-state index in [1.54, 1.807) is 0 Å². The molecule has 1 aliphatic rings. The number of hydrogen-bond acceptors (Lipinski definition) is 5. The van der Waals surface area contributed by atoms with Crippen LogP contribution < -0.4 is 10.6 Å². The van der Waals surface area contributed by atoms with Crippen molar-refractivity contribution in [3.8, 4) is 0 Å². The minimum atomic E-state index is 0.372. The molecule has 112 valence electrons. The van der Waals surface area contributed by atoms with Crippen LogP contribution in [-0.2, 0) is 4.74 Å². The van der Waals surface area contributed by atoms with E-state index in [1.165, 1.54) is 0 Å². The Morgan fingerprint density at radius 3 is 2.71 bits per heavy atom. The molecular weight excluding hydrogens is 264 g/mol. The third-order valence-corrected chi connectivity index (χ3v) is 4.16. The van der Waals surface area contributed by atoms with Crippen LogP contribution in [0.5, 0.6) is 0 Å². The van der Waals surface area contributed by atoms with Crippen molar-refractivity contribution in [2.24, 2.45) is 5.92 Å². The van der Waals surface area contributed by atoms with E-state index in [1.807, 2.05) is 25.2 Å². The Hall–Kier alpha value is -1.88. The molecule has 0 spiro atoms. The maximum Gasteiger partial charge on any atom is 0.224 e. The summed E-state index contributed by atoms with van der Waals surface area (Å²) in [5.41, 5.74) is 0.957. The van der Waals surface area contributed by atoms with Crippen LogP contribution in [-0.4, -0.2) is 36.3 Å². The fourth-order valence-electron chi connectivity index (χ4n) is 2.85. The van der Waals surface area contributed by atoms with Crippen molar-refractivity contribution < 1.29 is 4.74 Å². The highest BCUT2D eigenvalue weighted by Gasteiger charge is 2.21. The molecule has 0 bridgehead atoms. The molecule has 2 heterocycles. The number of nitrogens with one attached hydrogen (secondary N) is 2. The zero-order chi connectivity index (χ0) is 14.7. The van der Waals surface area contributed by atoms with Gasteiger partial charge in [-0.05, 0) is 37.8 Å². The Balaban J connectivity index is 1.88. The van der Waals surface area contributed by atoms with Crippen LogP contribution in [0.1, 0.15) is 19.8 Å². The van der Waals surface area contributed by atoms with Gasteiger partial charge >= 0.3 is 0 Å². The second-order valence-electron chi connectivity index (χ2n) is 5.55. The monoisotopic (exact) mass is 286 g/mol. The topological polar surface area (TPSA) is 59.1 Å². The van der Waals surface area contributed by atoms with Crippen molar-refractivity contribution >= 4 is 22.7 Å². The van der Waals surface area contributed by atoms with E-state index in [9.17, 15) is 0 Å². The van der Waals surface area contributed by atoms with Gasteiger partial charge in [0.25, 0.3) is 0 Å². The molecule has 3 rings (SSSR count). The number of rotatable bonds is 4. The number of anilines is 2. The first-order valence-corrected chi connectivity index (χ1v) is 7.56. The lowest BCUT2D eigenvalue weighted by Crippen LogP contribution is -2.31. The first-order valence-electron chi connectivity index (χ1n) is 7.56. The molecule has 1 atom stereocenters. The number of para-hydroxylation sites is 1. The summed E-state index contributed by atoms with van der Waals surface area (Å²) in [6.07, 6.45) is 2.21. The van der Waals surface area contributed by atoms with Crippen LogP contribution in [0.15, 0.2) is 24.3 Å². The highest BCUT2D eigenvalue weighted by atomic mass is 16.5. The molecule has 5 nitrogen and oxygen atoms in total. The molecule has 0 aliphatic carbocycles. The number of hydrogen-bond donors (Lipinski definition) is 2. The Morgan fingerprint density at radius 2 is 1.95 bits per heavy atom. The Kier molecular flexibility index (Phi) is 4.20. The summed E-state index contributed by atoms with van der Waals surface area (Å²) in [5.74, 6) is 2.19. The van der Waals surface area contributed by atoms with Crippen LogP contribution in [0, 0.1) is 5.92 Å². The van der Waals surface area contributed by atoms with Gasteiger partial charge in [-0.1, -0.05) is 12.1 Å². The van der Waals surface area contributed by atoms with Crippen molar-refractivity contribution in [3.63, 3.8) is 0 Å². The smallest absolute Gasteiger partial charge is 0.224 e. The fraction of sp³-hybridized carbons (Fsp3) is 0.500. The van der Waals surface area contributed by atoms with Gasteiger partial charge in [0.15, 0.2) is 0 Å². The van der Waals surface area contributed by atoms with Gasteiger partial charge in [-0.15, -0.1) is 0 Å². The minimum Gasteiger partial charge on any atom is -0.381 e. The van der Waals surface area contributed by atoms with Crippen LogP contribution in [0.4, 0.5) is 11.8 Å². The quantitative estimate of drug-likeness (QED) is 0.905. The Morgan fingerprint density at radius 1 is 1.19 bits per heavy atom. The Labute approximate surface area is 125 Å². The first-order chi connectivity index (χ1) is 10.3. The van der Waals surface area contributed by atoms with E-state index in [-0.39, 0.29) is 0 Å². The largest absolute Gasteiger partial charge is 0.381 e. The molecule has 1 unspecified atom stereocenters. The van der Waals surface area contributed by atoms with E-state index in [2.05, 4.69) is 33.6 Å². The molecule has 1 fully saturated rings. The van der Waals surface area contributed by atoms with E-state index in [0.29, 0.717) is 17.9 Å². The SMILES string of the molecule is CNc1nc(NC(C)C2CCOCC2)c2ccccc2n1. The average Bonchev–Trinajstić information content (AvgIpc) is 2.55. The summed E-state index contributed by atoms with van der Waals surface area (Å²) < 4.78 is 5.44. The van der Waals surface area contributed by atoms with Gasteiger partial charge in [-0.2, -0.15) is 4.98 Å². The number of aromatic nitrogens is 2. The highest BCUT2D eigenvalue weighted by molar-refractivity contribution is 5.90. The number of ether oxygens (including phenoxy) is 1. The molecule has 0 amide bonds. The van der Waals surface area contributed by atoms with Crippen LogP contribution in [0.2, 0.25) is 0 Å². The molecule has 0 saturated carbocycles. The summed E-state index contributed by atoms with van der Waals surface area (Å²) in [5, 5.41) is 7.68. The predicted octanol–water partition coefficient (Wildman–Crippen LogP) is 2.90. The van der Waals surface area contributed by atoms with E-state index < -0.39 is 0 Å². The molecule has 1 saturated heterocycles. The van der Waals surface area contributed by atoms with Crippen molar-refractivity contribution in [1.82, 2.24) is 9.97 Å². The summed E-state index contributed by atoms with van der Waals surface area (Å²) in [6, 6.07) is 8.47. The first kappa shape index (κ1) is 14.1. The van der Waals surface area contributed by atoms with Gasteiger partial charge in [0.2, 0.25) is 5.95 Å². The third-order valence-electron chi connectivity index (χ3n) is 4.16. The van der Waals surface area contributed by atoms with Gasteiger partial charge in [-0.25, -0.2) is 4.98 Å².